The van der Waals surface area contributed by atoms with Crippen LogP contribution in [0.25, 0.3) is 17.2 Å². The molecule has 1 aliphatic rings. The van der Waals surface area contributed by atoms with Crippen molar-refractivity contribution in [2.24, 2.45) is 5.92 Å². The first kappa shape index (κ1) is 24.0. The molecule has 1 unspecified atom stereocenters. The highest BCUT2D eigenvalue weighted by atomic mass is 19.3. The van der Waals surface area contributed by atoms with Crippen LogP contribution in [0.3, 0.4) is 0 Å². The van der Waals surface area contributed by atoms with Crippen molar-refractivity contribution in [1.29, 1.82) is 0 Å². The Morgan fingerprint density at radius 1 is 1.22 bits per heavy atom. The minimum Gasteiger partial charge on any atom is -0.345 e. The Balaban J connectivity index is 1.32. The number of hydrogen-bond acceptors (Lipinski definition) is 6. The predicted octanol–water partition coefficient (Wildman–Crippen LogP) is 3.71. The van der Waals surface area contributed by atoms with Gasteiger partial charge in [0.2, 0.25) is 11.7 Å². The third-order valence-electron chi connectivity index (χ3n) is 6.65. The molecule has 0 fully saturated rings. The molecule has 1 amide bonds. The van der Waals surface area contributed by atoms with Crippen molar-refractivity contribution in [2.45, 2.75) is 66.0 Å². The molecule has 188 valence electrons. The zero-order valence-corrected chi connectivity index (χ0v) is 20.7. The molecule has 0 saturated carbocycles. The number of rotatable bonds is 6. The highest BCUT2D eigenvalue weighted by molar-refractivity contribution is 5.94. The second-order valence-electron chi connectivity index (χ2n) is 9.46. The van der Waals surface area contributed by atoms with Crippen LogP contribution in [0.5, 0.6) is 0 Å². The van der Waals surface area contributed by atoms with Crippen molar-refractivity contribution >= 4 is 11.7 Å². The SMILES string of the molecule is CCc1nc2ncc(C)cn2c1C(=O)NCc1cc(C)c(-c2nc3n(n2)CCC(C(C)(F)F)C3)cn1. The number of fused-ring (bicyclic) bond motifs is 2. The van der Waals surface area contributed by atoms with Gasteiger partial charge < -0.3 is 5.32 Å². The Morgan fingerprint density at radius 3 is 2.75 bits per heavy atom. The second kappa shape index (κ2) is 9.03. The summed E-state index contributed by atoms with van der Waals surface area (Å²) in [6, 6.07) is 1.87. The van der Waals surface area contributed by atoms with E-state index in [1.54, 1.807) is 21.5 Å². The average molecular weight is 495 g/mol. The second-order valence-corrected chi connectivity index (χ2v) is 9.46. The van der Waals surface area contributed by atoms with E-state index in [9.17, 15) is 13.6 Å². The Bertz CT molecular complexity index is 1450. The van der Waals surface area contributed by atoms with E-state index in [4.69, 9.17) is 0 Å². The maximum atomic E-state index is 13.8. The smallest absolute Gasteiger partial charge is 0.270 e. The van der Waals surface area contributed by atoms with Gasteiger partial charge in [0, 0.05) is 43.0 Å². The van der Waals surface area contributed by atoms with Gasteiger partial charge in [0.15, 0.2) is 5.82 Å². The number of aryl methyl sites for hydroxylation is 4. The predicted molar refractivity (Wildman–Crippen MR) is 129 cm³/mol. The van der Waals surface area contributed by atoms with E-state index in [2.05, 4.69) is 30.4 Å². The molecule has 0 aromatic carbocycles. The lowest BCUT2D eigenvalue weighted by atomic mass is 9.92. The van der Waals surface area contributed by atoms with Gasteiger partial charge in [-0.1, -0.05) is 6.92 Å². The van der Waals surface area contributed by atoms with Crippen LogP contribution >= 0.6 is 0 Å². The standard InChI is InChI=1S/C25H28F2N8O/c1-5-19-21(34-13-14(2)10-30-24(34)31-19)23(36)29-11-17-8-15(3)18(12-28-17)22-32-20-9-16(25(4,26)27)6-7-35(20)33-22/h8,10,12-13,16H,5-7,9,11H2,1-4H3,(H,29,36). The zero-order valence-electron chi connectivity index (χ0n) is 20.7. The monoisotopic (exact) mass is 494 g/mol. The normalized spacial score (nSPS) is 15.8. The van der Waals surface area contributed by atoms with Crippen LogP contribution in [0.2, 0.25) is 0 Å². The highest BCUT2D eigenvalue weighted by Gasteiger charge is 2.37. The summed E-state index contributed by atoms with van der Waals surface area (Å²) in [6.45, 7) is 7.40. The molecule has 0 aliphatic carbocycles. The van der Waals surface area contributed by atoms with Crippen LogP contribution in [0.4, 0.5) is 8.78 Å². The number of imidazole rings is 1. The summed E-state index contributed by atoms with van der Waals surface area (Å²) in [5.41, 5.74) is 4.39. The summed E-state index contributed by atoms with van der Waals surface area (Å²) in [7, 11) is 0. The number of carbonyl (C=O) groups is 1. The molecule has 0 spiro atoms. The molecule has 0 bridgehead atoms. The average Bonchev–Trinajstić information content (AvgIpc) is 3.42. The molecule has 1 N–H and O–H groups in total. The lowest BCUT2D eigenvalue weighted by Gasteiger charge is -2.26. The molecule has 1 atom stereocenters. The Hall–Kier alpha value is -3.76. The number of amides is 1. The summed E-state index contributed by atoms with van der Waals surface area (Å²) >= 11 is 0. The van der Waals surface area contributed by atoms with E-state index in [-0.39, 0.29) is 18.9 Å². The molecular formula is C25H28F2N8O. The molecule has 9 nitrogen and oxygen atoms in total. The molecular weight excluding hydrogens is 466 g/mol. The van der Waals surface area contributed by atoms with Crippen molar-refractivity contribution < 1.29 is 13.6 Å². The highest BCUT2D eigenvalue weighted by Crippen LogP contribution is 2.33. The maximum absolute atomic E-state index is 13.8. The minimum absolute atomic E-state index is 0.200. The van der Waals surface area contributed by atoms with Gasteiger partial charge in [-0.25, -0.2) is 28.4 Å². The third-order valence-corrected chi connectivity index (χ3v) is 6.65. The van der Waals surface area contributed by atoms with Crippen molar-refractivity contribution in [3.05, 3.63) is 58.7 Å². The van der Waals surface area contributed by atoms with Crippen molar-refractivity contribution in [3.8, 4) is 11.4 Å². The summed E-state index contributed by atoms with van der Waals surface area (Å²) in [4.78, 5) is 30.9. The molecule has 1 aliphatic heterocycles. The lowest BCUT2D eigenvalue weighted by Crippen LogP contribution is -2.32. The molecule has 5 heterocycles. The fourth-order valence-electron chi connectivity index (χ4n) is 4.61. The molecule has 4 aromatic rings. The first-order chi connectivity index (χ1) is 17.1. The fourth-order valence-corrected chi connectivity index (χ4v) is 4.61. The number of nitrogens with one attached hydrogen (secondary N) is 1. The van der Waals surface area contributed by atoms with Crippen LogP contribution in [0.1, 0.15) is 59.1 Å². The van der Waals surface area contributed by atoms with Gasteiger partial charge >= 0.3 is 0 Å². The van der Waals surface area contributed by atoms with E-state index in [1.165, 1.54) is 0 Å². The first-order valence-corrected chi connectivity index (χ1v) is 12.0. The van der Waals surface area contributed by atoms with Crippen LogP contribution in [0.15, 0.2) is 24.7 Å². The van der Waals surface area contributed by atoms with E-state index in [1.807, 2.05) is 33.0 Å². The summed E-state index contributed by atoms with van der Waals surface area (Å²) < 4.78 is 31.0. The van der Waals surface area contributed by atoms with Gasteiger partial charge in [-0.15, -0.1) is 0 Å². The quantitative estimate of drug-likeness (QED) is 0.438. The number of hydrogen-bond donors (Lipinski definition) is 1. The minimum atomic E-state index is -2.74. The van der Waals surface area contributed by atoms with Crippen LogP contribution in [0, 0.1) is 19.8 Å². The van der Waals surface area contributed by atoms with E-state index >= 15 is 0 Å². The van der Waals surface area contributed by atoms with Crippen molar-refractivity contribution in [2.75, 3.05) is 0 Å². The van der Waals surface area contributed by atoms with Crippen LogP contribution in [-0.2, 0) is 25.9 Å². The van der Waals surface area contributed by atoms with Gasteiger partial charge in [0.1, 0.15) is 11.5 Å². The van der Waals surface area contributed by atoms with E-state index in [0.717, 1.165) is 23.6 Å². The molecule has 5 rings (SSSR count). The molecule has 0 radical (unpaired) electrons. The number of halogens is 2. The topological polar surface area (TPSA) is 103 Å². The van der Waals surface area contributed by atoms with Crippen LogP contribution in [-0.4, -0.2) is 45.9 Å². The van der Waals surface area contributed by atoms with E-state index < -0.39 is 11.8 Å². The maximum Gasteiger partial charge on any atom is 0.270 e. The van der Waals surface area contributed by atoms with Crippen LogP contribution < -0.4 is 5.32 Å². The number of pyridine rings is 1. The van der Waals surface area contributed by atoms with Gasteiger partial charge in [-0.05, 0) is 50.8 Å². The molecule has 11 heteroatoms. The van der Waals surface area contributed by atoms with E-state index in [0.29, 0.717) is 53.9 Å². The number of aromatic nitrogens is 7. The van der Waals surface area contributed by atoms with Gasteiger partial charge in [-0.2, -0.15) is 5.10 Å². The summed E-state index contributed by atoms with van der Waals surface area (Å²) in [6.07, 6.45) is 6.42. The Labute approximate surface area is 207 Å². The van der Waals surface area contributed by atoms with Gasteiger partial charge in [0.05, 0.1) is 17.9 Å². The summed E-state index contributed by atoms with van der Waals surface area (Å²) in [5, 5.41) is 7.46. The number of carbonyl (C=O) groups excluding carboxylic acids is 1. The molecule has 36 heavy (non-hydrogen) atoms. The molecule has 4 aromatic heterocycles. The molecule has 0 saturated heterocycles. The van der Waals surface area contributed by atoms with Crippen molar-refractivity contribution in [3.63, 3.8) is 0 Å². The zero-order chi connectivity index (χ0) is 25.6. The Morgan fingerprint density at radius 2 is 2.03 bits per heavy atom. The lowest BCUT2D eigenvalue weighted by molar-refractivity contribution is -0.0495. The fraction of sp³-hybridized carbons (Fsp3) is 0.440. The largest absolute Gasteiger partial charge is 0.345 e. The van der Waals surface area contributed by atoms with Crippen molar-refractivity contribution in [1.82, 2.24) is 39.4 Å². The number of alkyl halides is 2. The Kier molecular flexibility index (Phi) is 6.01. The van der Waals surface area contributed by atoms with Gasteiger partial charge in [0.25, 0.3) is 5.91 Å². The van der Waals surface area contributed by atoms with Gasteiger partial charge in [-0.3, -0.25) is 14.2 Å². The number of nitrogens with zero attached hydrogens (tertiary/aromatic N) is 7. The third kappa shape index (κ3) is 4.45. The summed E-state index contributed by atoms with van der Waals surface area (Å²) in [5.74, 6) is -2.17. The first-order valence-electron chi connectivity index (χ1n) is 12.0.